The van der Waals surface area contributed by atoms with Crippen molar-refractivity contribution in [2.45, 2.75) is 43.7 Å². The highest BCUT2D eigenvalue weighted by atomic mass is 16.5. The van der Waals surface area contributed by atoms with Gasteiger partial charge in [-0.3, -0.25) is 9.59 Å². The zero-order valence-corrected chi connectivity index (χ0v) is 12.2. The van der Waals surface area contributed by atoms with Crippen LogP contribution in [0.2, 0.25) is 0 Å². The second-order valence-electron chi connectivity index (χ2n) is 5.55. The third-order valence-electron chi connectivity index (χ3n) is 4.10. The Kier molecular flexibility index (Phi) is 4.96. The van der Waals surface area contributed by atoms with Crippen LogP contribution in [0, 0.1) is 0 Å². The summed E-state index contributed by atoms with van der Waals surface area (Å²) in [6.07, 6.45) is 2.98. The molecule has 1 aromatic rings. The lowest BCUT2D eigenvalue weighted by atomic mass is 9.77. The smallest absolute Gasteiger partial charge is 0.305 e. The lowest BCUT2D eigenvalue weighted by molar-refractivity contribution is -0.138. The highest BCUT2D eigenvalue weighted by molar-refractivity contribution is 5.79. The zero-order valence-electron chi connectivity index (χ0n) is 12.2. The Morgan fingerprint density at radius 1 is 1.33 bits per heavy atom. The number of ether oxygens (including phenoxy) is 1. The summed E-state index contributed by atoms with van der Waals surface area (Å²) in [6.45, 7) is 0. The van der Waals surface area contributed by atoms with Crippen LogP contribution < -0.4 is 5.32 Å². The number of carbonyl (C=O) groups is 2. The Morgan fingerprint density at radius 2 is 2.00 bits per heavy atom. The second kappa shape index (κ2) is 6.72. The topological polar surface area (TPSA) is 75.6 Å². The Morgan fingerprint density at radius 3 is 2.48 bits per heavy atom. The molecule has 5 heteroatoms. The summed E-state index contributed by atoms with van der Waals surface area (Å²) in [6, 6.07) is 8.66. The second-order valence-corrected chi connectivity index (χ2v) is 5.55. The van der Waals surface area contributed by atoms with Crippen molar-refractivity contribution < 1.29 is 19.4 Å². The van der Waals surface area contributed by atoms with Crippen LogP contribution >= 0.6 is 0 Å². The molecule has 1 saturated carbocycles. The Labute approximate surface area is 124 Å². The molecule has 1 amide bonds. The number of benzene rings is 1. The van der Waals surface area contributed by atoms with Crippen molar-refractivity contribution in [2.24, 2.45) is 0 Å². The number of rotatable bonds is 7. The van der Waals surface area contributed by atoms with E-state index in [9.17, 15) is 9.59 Å². The average molecular weight is 291 g/mol. The Balaban J connectivity index is 2.01. The molecule has 0 aromatic heterocycles. The molecule has 114 valence electrons. The van der Waals surface area contributed by atoms with Crippen LogP contribution in [0.4, 0.5) is 0 Å². The van der Waals surface area contributed by atoms with Crippen molar-refractivity contribution >= 4 is 11.9 Å². The SMILES string of the molecule is COC1(CC(=O)NC(CC(=O)O)c2ccccc2)CCC1. The number of hydrogen-bond acceptors (Lipinski definition) is 3. The van der Waals surface area contributed by atoms with E-state index in [-0.39, 0.29) is 24.3 Å². The van der Waals surface area contributed by atoms with Gasteiger partial charge in [-0.15, -0.1) is 0 Å². The number of nitrogens with one attached hydrogen (secondary N) is 1. The van der Waals surface area contributed by atoms with Crippen molar-refractivity contribution in [3.63, 3.8) is 0 Å². The van der Waals surface area contributed by atoms with Gasteiger partial charge in [0, 0.05) is 7.11 Å². The fourth-order valence-corrected chi connectivity index (χ4v) is 2.67. The molecule has 1 fully saturated rings. The molecule has 1 aliphatic carbocycles. The summed E-state index contributed by atoms with van der Waals surface area (Å²) < 4.78 is 5.44. The van der Waals surface area contributed by atoms with Crippen molar-refractivity contribution in [1.29, 1.82) is 0 Å². The molecular formula is C16H21NO4. The largest absolute Gasteiger partial charge is 0.481 e. The van der Waals surface area contributed by atoms with Gasteiger partial charge in [-0.25, -0.2) is 0 Å². The van der Waals surface area contributed by atoms with Gasteiger partial charge < -0.3 is 15.2 Å². The van der Waals surface area contributed by atoms with Gasteiger partial charge in [0.05, 0.1) is 24.5 Å². The quantitative estimate of drug-likeness (QED) is 0.808. The molecule has 2 N–H and O–H groups in total. The Bertz CT molecular complexity index is 491. The first-order valence-corrected chi connectivity index (χ1v) is 7.16. The fraction of sp³-hybridized carbons (Fsp3) is 0.500. The molecule has 1 unspecified atom stereocenters. The minimum atomic E-state index is -0.936. The predicted molar refractivity (Wildman–Crippen MR) is 77.8 cm³/mol. The van der Waals surface area contributed by atoms with E-state index < -0.39 is 12.0 Å². The molecule has 1 aromatic carbocycles. The van der Waals surface area contributed by atoms with Crippen molar-refractivity contribution in [1.82, 2.24) is 5.32 Å². The van der Waals surface area contributed by atoms with Crippen LogP contribution in [0.3, 0.4) is 0 Å². The van der Waals surface area contributed by atoms with Crippen LogP contribution in [0.5, 0.6) is 0 Å². The molecule has 0 bridgehead atoms. The van der Waals surface area contributed by atoms with Crippen molar-refractivity contribution in [2.75, 3.05) is 7.11 Å². The van der Waals surface area contributed by atoms with Gasteiger partial charge in [-0.1, -0.05) is 30.3 Å². The van der Waals surface area contributed by atoms with Crippen LogP contribution in [-0.4, -0.2) is 29.7 Å². The summed E-state index contributed by atoms with van der Waals surface area (Å²) in [4.78, 5) is 23.2. The van der Waals surface area contributed by atoms with E-state index in [0.717, 1.165) is 24.8 Å². The van der Waals surface area contributed by atoms with Gasteiger partial charge in [0.25, 0.3) is 0 Å². The number of carboxylic acid groups (broad SMARTS) is 1. The van der Waals surface area contributed by atoms with Crippen LogP contribution in [-0.2, 0) is 14.3 Å². The maximum atomic E-state index is 12.2. The maximum Gasteiger partial charge on any atom is 0.305 e. The van der Waals surface area contributed by atoms with Gasteiger partial charge in [0.2, 0.25) is 5.91 Å². The maximum absolute atomic E-state index is 12.2. The number of carbonyl (C=O) groups excluding carboxylic acids is 1. The highest BCUT2D eigenvalue weighted by Crippen LogP contribution is 2.38. The lowest BCUT2D eigenvalue weighted by Gasteiger charge is -2.40. The van der Waals surface area contributed by atoms with E-state index >= 15 is 0 Å². The molecule has 21 heavy (non-hydrogen) atoms. The van der Waals surface area contributed by atoms with E-state index in [0.29, 0.717) is 0 Å². The highest BCUT2D eigenvalue weighted by Gasteiger charge is 2.39. The molecule has 0 heterocycles. The molecule has 0 aliphatic heterocycles. The van der Waals surface area contributed by atoms with Crippen LogP contribution in [0.1, 0.15) is 43.7 Å². The van der Waals surface area contributed by atoms with Gasteiger partial charge in [-0.05, 0) is 24.8 Å². The zero-order chi connectivity index (χ0) is 15.3. The molecule has 0 spiro atoms. The number of hydrogen-bond donors (Lipinski definition) is 2. The van der Waals surface area contributed by atoms with Crippen molar-refractivity contribution in [3.05, 3.63) is 35.9 Å². The molecule has 0 saturated heterocycles. The summed E-state index contributed by atoms with van der Waals surface area (Å²) in [5.41, 5.74) is 0.447. The van der Waals surface area contributed by atoms with Crippen LogP contribution in [0.15, 0.2) is 30.3 Å². The third-order valence-corrected chi connectivity index (χ3v) is 4.10. The number of aliphatic carboxylic acids is 1. The van der Waals surface area contributed by atoms with E-state index in [1.165, 1.54) is 0 Å². The monoisotopic (exact) mass is 291 g/mol. The normalized spacial score (nSPS) is 17.6. The summed E-state index contributed by atoms with van der Waals surface area (Å²) >= 11 is 0. The molecule has 0 radical (unpaired) electrons. The summed E-state index contributed by atoms with van der Waals surface area (Å²) in [5.74, 6) is -1.10. The summed E-state index contributed by atoms with van der Waals surface area (Å²) in [7, 11) is 1.62. The Hall–Kier alpha value is -1.88. The third kappa shape index (κ3) is 4.04. The lowest BCUT2D eigenvalue weighted by Crippen LogP contribution is -2.44. The fourth-order valence-electron chi connectivity index (χ4n) is 2.67. The number of methoxy groups -OCH3 is 1. The molecule has 1 atom stereocenters. The van der Waals surface area contributed by atoms with E-state index in [4.69, 9.17) is 9.84 Å². The van der Waals surface area contributed by atoms with Gasteiger partial charge in [-0.2, -0.15) is 0 Å². The standard InChI is InChI=1S/C16H21NO4/c1-21-16(8-5-9-16)11-14(18)17-13(10-15(19)20)12-6-3-2-4-7-12/h2-4,6-7,13H,5,8-11H2,1H3,(H,17,18)(H,19,20). The van der Waals surface area contributed by atoms with E-state index in [1.807, 2.05) is 30.3 Å². The van der Waals surface area contributed by atoms with Crippen molar-refractivity contribution in [3.8, 4) is 0 Å². The summed E-state index contributed by atoms with van der Waals surface area (Å²) in [5, 5.41) is 11.8. The van der Waals surface area contributed by atoms with E-state index in [1.54, 1.807) is 7.11 Å². The van der Waals surface area contributed by atoms with Crippen LogP contribution in [0.25, 0.3) is 0 Å². The van der Waals surface area contributed by atoms with E-state index in [2.05, 4.69) is 5.32 Å². The first-order chi connectivity index (χ1) is 10.0. The minimum Gasteiger partial charge on any atom is -0.481 e. The minimum absolute atomic E-state index is 0.129. The average Bonchev–Trinajstić information content (AvgIpc) is 2.43. The molecular weight excluding hydrogens is 270 g/mol. The van der Waals surface area contributed by atoms with Gasteiger partial charge in [0.1, 0.15) is 0 Å². The molecule has 1 aliphatic rings. The first-order valence-electron chi connectivity index (χ1n) is 7.16. The number of amides is 1. The predicted octanol–water partition coefficient (Wildman–Crippen LogP) is 2.28. The first kappa shape index (κ1) is 15.5. The van der Waals surface area contributed by atoms with Gasteiger partial charge in [0.15, 0.2) is 0 Å². The molecule has 5 nitrogen and oxygen atoms in total. The molecule has 2 rings (SSSR count). The number of carboxylic acids is 1. The van der Waals surface area contributed by atoms with Gasteiger partial charge >= 0.3 is 5.97 Å².